The molecule has 2 aromatic carbocycles. The summed E-state index contributed by atoms with van der Waals surface area (Å²) in [6.07, 6.45) is -1.51. The van der Waals surface area contributed by atoms with Gasteiger partial charge in [-0.3, -0.25) is 0 Å². The maximum absolute atomic E-state index is 11.6. The zero-order valence-corrected chi connectivity index (χ0v) is 19.7. The number of ether oxygens (including phenoxy) is 1. The second-order valence-electron chi connectivity index (χ2n) is 9.43. The van der Waals surface area contributed by atoms with Crippen molar-refractivity contribution in [1.82, 2.24) is 4.90 Å². The molecule has 6 nitrogen and oxygen atoms in total. The number of rotatable bonds is 5. The van der Waals surface area contributed by atoms with E-state index in [1.807, 2.05) is 18.2 Å². The van der Waals surface area contributed by atoms with Crippen molar-refractivity contribution >= 4 is 25.5 Å². The van der Waals surface area contributed by atoms with Crippen LogP contribution in [0.4, 0.5) is 4.79 Å². The van der Waals surface area contributed by atoms with E-state index in [-0.39, 0.29) is 31.7 Å². The molecular formula is C24H32NO5Si. The molecule has 0 aliphatic carbocycles. The quantitative estimate of drug-likeness (QED) is 0.695. The molecule has 1 heterocycles. The highest BCUT2D eigenvalue weighted by atomic mass is 28.3. The highest BCUT2D eigenvalue weighted by Crippen LogP contribution is 2.21. The molecule has 2 atom stereocenters. The van der Waals surface area contributed by atoms with E-state index in [9.17, 15) is 15.0 Å². The van der Waals surface area contributed by atoms with Gasteiger partial charge in [0.15, 0.2) is 0 Å². The molecule has 3 rings (SSSR count). The van der Waals surface area contributed by atoms with E-state index in [0.29, 0.717) is 0 Å². The van der Waals surface area contributed by atoms with Crippen LogP contribution >= 0.6 is 0 Å². The lowest BCUT2D eigenvalue weighted by molar-refractivity contribution is -0.0509. The molecule has 0 saturated carbocycles. The van der Waals surface area contributed by atoms with Crippen LogP contribution in [0.5, 0.6) is 0 Å². The van der Waals surface area contributed by atoms with Crippen LogP contribution in [0.3, 0.4) is 0 Å². The number of benzene rings is 2. The molecule has 2 unspecified atom stereocenters. The number of hydrogen-bond acceptors (Lipinski definition) is 4. The van der Waals surface area contributed by atoms with Crippen LogP contribution in [0, 0.1) is 0 Å². The van der Waals surface area contributed by atoms with Gasteiger partial charge in [-0.2, -0.15) is 0 Å². The van der Waals surface area contributed by atoms with Gasteiger partial charge in [-0.15, -0.1) is 0 Å². The highest BCUT2D eigenvalue weighted by molar-refractivity contribution is 6.80. The van der Waals surface area contributed by atoms with E-state index >= 15 is 0 Å². The minimum atomic E-state index is -1.55. The average Bonchev–Trinajstić information content (AvgIpc) is 2.87. The number of hydrogen-bond donors (Lipinski definition) is 2. The topological polar surface area (TPSA) is 79.2 Å². The molecule has 1 amide bonds. The fourth-order valence-corrected chi connectivity index (χ4v) is 5.57. The van der Waals surface area contributed by atoms with Crippen molar-refractivity contribution in [2.75, 3.05) is 26.3 Å². The van der Waals surface area contributed by atoms with Gasteiger partial charge in [-0.05, 0) is 28.3 Å². The summed E-state index contributed by atoms with van der Waals surface area (Å²) in [6.45, 7) is 8.66. The molecule has 2 N–H and O–H groups in total. The summed E-state index contributed by atoms with van der Waals surface area (Å²) in [4.78, 5) is 12.8. The van der Waals surface area contributed by atoms with Crippen molar-refractivity contribution in [1.29, 1.82) is 0 Å². The largest absolute Gasteiger partial charge is 0.465 e. The normalized spacial score (nSPS) is 22.4. The minimum Gasteiger partial charge on any atom is -0.465 e. The molecule has 0 bridgehead atoms. The second-order valence-corrected chi connectivity index (χ2v) is 11.5. The number of β-amino-alcohol motifs (C(OH)–C–C–N with tert-alkyl or cyclic N) is 1. The van der Waals surface area contributed by atoms with Crippen LogP contribution in [-0.2, 0) is 14.6 Å². The first kappa shape index (κ1) is 23.5. The summed E-state index contributed by atoms with van der Waals surface area (Å²) in [5, 5.41) is 22.1. The molecule has 0 spiro atoms. The van der Waals surface area contributed by atoms with Crippen molar-refractivity contribution in [3.05, 3.63) is 60.2 Å². The Labute approximate surface area is 186 Å². The van der Waals surface area contributed by atoms with Crippen molar-refractivity contribution in [2.24, 2.45) is 0 Å². The maximum atomic E-state index is 11.6. The molecule has 1 saturated heterocycles. The summed E-state index contributed by atoms with van der Waals surface area (Å²) in [6, 6.07) is 18.7. The Morgan fingerprint density at radius 1 is 1.16 bits per heavy atom. The Balaban J connectivity index is 1.79. The minimum absolute atomic E-state index is 0.0175. The number of carbonyl (C=O) groups is 1. The van der Waals surface area contributed by atoms with E-state index in [0.717, 1.165) is 10.4 Å². The van der Waals surface area contributed by atoms with Crippen molar-refractivity contribution < 1.29 is 24.2 Å². The highest BCUT2D eigenvalue weighted by Gasteiger charge is 2.34. The molecule has 1 radical (unpaired) electrons. The molecule has 167 valence electrons. The lowest BCUT2D eigenvalue weighted by atomic mass is 9.87. The number of aliphatic hydroxyl groups is 1. The zero-order valence-electron chi connectivity index (χ0n) is 18.7. The fraction of sp³-hybridized carbons (Fsp3) is 0.458. The molecule has 2 aromatic rings. The van der Waals surface area contributed by atoms with E-state index in [1.54, 1.807) is 6.92 Å². The first-order valence-electron chi connectivity index (χ1n) is 10.5. The third kappa shape index (κ3) is 6.40. The van der Waals surface area contributed by atoms with Gasteiger partial charge in [0.25, 0.3) is 9.04 Å². The van der Waals surface area contributed by atoms with E-state index in [4.69, 9.17) is 9.16 Å². The van der Waals surface area contributed by atoms with E-state index < -0.39 is 26.8 Å². The molecule has 7 heteroatoms. The Bertz CT molecular complexity index is 864. The zero-order chi connectivity index (χ0) is 22.6. The van der Waals surface area contributed by atoms with Crippen LogP contribution in [0.25, 0.3) is 0 Å². The lowest BCUT2D eigenvalue weighted by Gasteiger charge is -2.25. The van der Waals surface area contributed by atoms with Crippen LogP contribution in [0.2, 0.25) is 0 Å². The van der Waals surface area contributed by atoms with Crippen molar-refractivity contribution in [2.45, 2.75) is 44.8 Å². The molecule has 0 aromatic heterocycles. The van der Waals surface area contributed by atoms with Crippen LogP contribution in [0.15, 0.2) is 54.6 Å². The Kier molecular flexibility index (Phi) is 7.21. The summed E-state index contributed by atoms with van der Waals surface area (Å²) in [5.41, 5.74) is 0.116. The van der Waals surface area contributed by atoms with Crippen LogP contribution in [0.1, 0.15) is 33.3 Å². The van der Waals surface area contributed by atoms with Gasteiger partial charge in [-0.1, -0.05) is 75.4 Å². The molecule has 1 fully saturated rings. The third-order valence-electron chi connectivity index (χ3n) is 5.32. The van der Waals surface area contributed by atoms with Gasteiger partial charge in [0, 0.05) is 0 Å². The average molecular weight is 443 g/mol. The van der Waals surface area contributed by atoms with E-state index in [2.05, 4.69) is 57.2 Å². The summed E-state index contributed by atoms with van der Waals surface area (Å²) in [7, 11) is -1.55. The summed E-state index contributed by atoms with van der Waals surface area (Å²) < 4.78 is 12.2. The Morgan fingerprint density at radius 2 is 1.77 bits per heavy atom. The van der Waals surface area contributed by atoms with Crippen LogP contribution in [-0.4, -0.2) is 68.3 Å². The first-order chi connectivity index (χ1) is 14.5. The lowest BCUT2D eigenvalue weighted by Crippen LogP contribution is -2.48. The predicted octanol–water partition coefficient (Wildman–Crippen LogP) is 2.24. The number of amides is 1. The predicted molar refractivity (Wildman–Crippen MR) is 123 cm³/mol. The SMILES string of the molecule is CC1(O)COC(CO[Si](c2ccccc2)c2ccc(C(C)(C)C)cc2)CN(C(=O)O)C1. The van der Waals surface area contributed by atoms with Gasteiger partial charge in [0.1, 0.15) is 5.60 Å². The van der Waals surface area contributed by atoms with Gasteiger partial charge in [-0.25, -0.2) is 4.79 Å². The number of carboxylic acid groups (broad SMARTS) is 1. The van der Waals surface area contributed by atoms with Gasteiger partial charge in [0.05, 0.1) is 32.4 Å². The number of nitrogens with zero attached hydrogens (tertiary/aromatic N) is 1. The first-order valence-corrected chi connectivity index (χ1v) is 11.9. The second kappa shape index (κ2) is 9.52. The molecule has 1 aliphatic heterocycles. The van der Waals surface area contributed by atoms with Gasteiger partial charge >= 0.3 is 6.09 Å². The monoisotopic (exact) mass is 442 g/mol. The standard InChI is InChI=1S/C24H32NO5Si/c1-23(2,3)18-10-12-21(13-11-18)31(20-8-6-5-7-9-20)30-15-19-14-25(22(26)27)16-24(4,28)17-29-19/h5-13,19,28H,14-17H2,1-4H3,(H,26,27). The van der Waals surface area contributed by atoms with Gasteiger partial charge < -0.3 is 24.3 Å². The third-order valence-corrected chi connectivity index (χ3v) is 7.49. The summed E-state index contributed by atoms with van der Waals surface area (Å²) >= 11 is 0. The van der Waals surface area contributed by atoms with E-state index in [1.165, 1.54) is 10.5 Å². The molecular weight excluding hydrogens is 410 g/mol. The Hall–Kier alpha value is -2.19. The summed E-state index contributed by atoms with van der Waals surface area (Å²) in [5.74, 6) is 0. The van der Waals surface area contributed by atoms with Gasteiger partial charge in [0.2, 0.25) is 0 Å². The van der Waals surface area contributed by atoms with Crippen molar-refractivity contribution in [3.8, 4) is 0 Å². The molecule has 31 heavy (non-hydrogen) atoms. The van der Waals surface area contributed by atoms with Crippen molar-refractivity contribution in [3.63, 3.8) is 0 Å². The Morgan fingerprint density at radius 3 is 2.35 bits per heavy atom. The smallest absolute Gasteiger partial charge is 0.407 e. The van der Waals surface area contributed by atoms with Crippen LogP contribution < -0.4 is 10.4 Å². The fourth-order valence-electron chi connectivity index (χ4n) is 3.58. The molecule has 1 aliphatic rings. The maximum Gasteiger partial charge on any atom is 0.407 e.